The van der Waals surface area contributed by atoms with Crippen LogP contribution in [0.5, 0.6) is 0 Å². The van der Waals surface area contributed by atoms with Crippen LogP contribution in [0.1, 0.15) is 46.0 Å². The molecule has 66 valence electrons. The van der Waals surface area contributed by atoms with Crippen LogP contribution in [0.2, 0.25) is 0 Å². The summed E-state index contributed by atoms with van der Waals surface area (Å²) in [5.41, 5.74) is 0. The predicted octanol–water partition coefficient (Wildman–Crippen LogP) is 3.71. The SMILES string of the molecule is CCC(C)CSC1CCCC1. The molecule has 1 saturated carbocycles. The van der Waals surface area contributed by atoms with Gasteiger partial charge in [-0.3, -0.25) is 0 Å². The Bertz CT molecular complexity index is 95.0. The van der Waals surface area contributed by atoms with E-state index in [1.54, 1.807) is 0 Å². The Morgan fingerprint density at radius 3 is 2.55 bits per heavy atom. The van der Waals surface area contributed by atoms with Gasteiger partial charge in [0.05, 0.1) is 0 Å². The van der Waals surface area contributed by atoms with E-state index in [0.29, 0.717) is 0 Å². The molecule has 0 N–H and O–H groups in total. The Balaban J connectivity index is 2.01. The molecule has 1 rings (SSSR count). The lowest BCUT2D eigenvalue weighted by molar-refractivity contribution is 0.635. The summed E-state index contributed by atoms with van der Waals surface area (Å²) < 4.78 is 0. The Labute approximate surface area is 75.1 Å². The Morgan fingerprint density at radius 2 is 2.00 bits per heavy atom. The topological polar surface area (TPSA) is 0 Å². The molecule has 0 bridgehead atoms. The van der Waals surface area contributed by atoms with Gasteiger partial charge in [-0.05, 0) is 24.5 Å². The predicted molar refractivity (Wildman–Crippen MR) is 54.2 cm³/mol. The molecule has 1 aliphatic carbocycles. The first-order valence-corrected chi connectivity index (χ1v) is 5.99. The molecule has 1 unspecified atom stereocenters. The van der Waals surface area contributed by atoms with E-state index in [1.165, 1.54) is 37.9 Å². The van der Waals surface area contributed by atoms with Crippen LogP contribution in [-0.4, -0.2) is 11.0 Å². The normalized spacial score (nSPS) is 22.4. The number of thioether (sulfide) groups is 1. The summed E-state index contributed by atoms with van der Waals surface area (Å²) in [6.45, 7) is 4.65. The molecule has 11 heavy (non-hydrogen) atoms. The molecule has 0 radical (unpaired) electrons. The molecule has 0 nitrogen and oxygen atoms in total. The molecule has 0 aliphatic heterocycles. The van der Waals surface area contributed by atoms with Gasteiger partial charge in [-0.25, -0.2) is 0 Å². The minimum absolute atomic E-state index is 0.931. The zero-order chi connectivity index (χ0) is 8.10. The molecule has 0 amide bonds. The van der Waals surface area contributed by atoms with Crippen LogP contribution in [0.25, 0.3) is 0 Å². The van der Waals surface area contributed by atoms with Crippen molar-refractivity contribution in [2.24, 2.45) is 5.92 Å². The van der Waals surface area contributed by atoms with Crippen molar-refractivity contribution in [1.82, 2.24) is 0 Å². The van der Waals surface area contributed by atoms with Crippen LogP contribution in [0, 0.1) is 5.92 Å². The second-order valence-corrected chi connectivity index (χ2v) is 5.09. The molecular formula is C10H20S. The van der Waals surface area contributed by atoms with Crippen molar-refractivity contribution in [3.63, 3.8) is 0 Å². The van der Waals surface area contributed by atoms with Gasteiger partial charge in [0.2, 0.25) is 0 Å². The maximum Gasteiger partial charge on any atom is 0.00471 e. The van der Waals surface area contributed by atoms with Crippen molar-refractivity contribution in [2.75, 3.05) is 5.75 Å². The highest BCUT2D eigenvalue weighted by Crippen LogP contribution is 2.30. The van der Waals surface area contributed by atoms with Crippen molar-refractivity contribution in [3.8, 4) is 0 Å². The average Bonchev–Trinajstić information content (AvgIpc) is 2.52. The van der Waals surface area contributed by atoms with Crippen molar-refractivity contribution in [3.05, 3.63) is 0 Å². The lowest BCUT2D eigenvalue weighted by Gasteiger charge is -2.12. The van der Waals surface area contributed by atoms with Crippen LogP contribution >= 0.6 is 11.8 Å². The van der Waals surface area contributed by atoms with E-state index in [0.717, 1.165) is 11.2 Å². The highest BCUT2D eigenvalue weighted by molar-refractivity contribution is 7.99. The Morgan fingerprint density at radius 1 is 1.36 bits per heavy atom. The summed E-state index contributed by atoms with van der Waals surface area (Å²) in [6.07, 6.45) is 7.29. The first kappa shape index (κ1) is 9.44. The van der Waals surface area contributed by atoms with Crippen LogP contribution in [-0.2, 0) is 0 Å². The third-order valence-electron chi connectivity index (χ3n) is 2.62. The molecule has 0 heterocycles. The van der Waals surface area contributed by atoms with Crippen molar-refractivity contribution in [2.45, 2.75) is 51.2 Å². The highest BCUT2D eigenvalue weighted by Gasteiger charge is 2.15. The lowest BCUT2D eigenvalue weighted by Crippen LogP contribution is -2.02. The van der Waals surface area contributed by atoms with Gasteiger partial charge in [-0.15, -0.1) is 0 Å². The summed E-state index contributed by atoms with van der Waals surface area (Å²) in [5.74, 6) is 2.32. The Kier molecular flexibility index (Phi) is 4.36. The lowest BCUT2D eigenvalue weighted by atomic mass is 10.2. The van der Waals surface area contributed by atoms with Crippen LogP contribution in [0.3, 0.4) is 0 Å². The summed E-state index contributed by atoms with van der Waals surface area (Å²) in [5, 5.41) is 1.02. The van der Waals surface area contributed by atoms with Gasteiger partial charge in [0.25, 0.3) is 0 Å². The fraction of sp³-hybridized carbons (Fsp3) is 1.00. The van der Waals surface area contributed by atoms with Crippen molar-refractivity contribution < 1.29 is 0 Å². The smallest absolute Gasteiger partial charge is 0.00471 e. The number of hydrogen-bond acceptors (Lipinski definition) is 1. The van der Waals surface area contributed by atoms with Crippen LogP contribution < -0.4 is 0 Å². The minimum Gasteiger partial charge on any atom is -0.158 e. The molecule has 0 aromatic rings. The minimum atomic E-state index is 0.931. The molecule has 1 heteroatoms. The second kappa shape index (κ2) is 5.08. The molecule has 1 aliphatic rings. The summed E-state index contributed by atoms with van der Waals surface area (Å²) in [4.78, 5) is 0. The zero-order valence-electron chi connectivity index (χ0n) is 7.81. The van der Waals surface area contributed by atoms with Gasteiger partial charge < -0.3 is 0 Å². The van der Waals surface area contributed by atoms with Crippen LogP contribution in [0.4, 0.5) is 0 Å². The van der Waals surface area contributed by atoms with E-state index < -0.39 is 0 Å². The van der Waals surface area contributed by atoms with E-state index in [-0.39, 0.29) is 0 Å². The molecule has 0 saturated heterocycles. The molecular weight excluding hydrogens is 152 g/mol. The highest BCUT2D eigenvalue weighted by atomic mass is 32.2. The maximum absolute atomic E-state index is 2.36. The molecule has 0 aromatic carbocycles. The summed E-state index contributed by atoms with van der Waals surface area (Å²) in [6, 6.07) is 0. The van der Waals surface area contributed by atoms with E-state index in [9.17, 15) is 0 Å². The van der Waals surface area contributed by atoms with E-state index in [1.807, 2.05) is 0 Å². The quantitative estimate of drug-likeness (QED) is 0.623. The maximum atomic E-state index is 2.36. The van der Waals surface area contributed by atoms with E-state index in [2.05, 4.69) is 25.6 Å². The standard InChI is InChI=1S/C10H20S/c1-3-9(2)8-11-10-6-4-5-7-10/h9-10H,3-8H2,1-2H3. The Hall–Kier alpha value is 0.350. The fourth-order valence-electron chi connectivity index (χ4n) is 1.47. The van der Waals surface area contributed by atoms with Crippen molar-refractivity contribution >= 4 is 11.8 Å². The molecule has 0 aromatic heterocycles. The van der Waals surface area contributed by atoms with Gasteiger partial charge >= 0.3 is 0 Å². The first-order chi connectivity index (χ1) is 5.33. The van der Waals surface area contributed by atoms with Gasteiger partial charge in [0.15, 0.2) is 0 Å². The first-order valence-electron chi connectivity index (χ1n) is 4.94. The summed E-state index contributed by atoms with van der Waals surface area (Å²) in [7, 11) is 0. The van der Waals surface area contributed by atoms with Gasteiger partial charge in [-0.2, -0.15) is 11.8 Å². The average molecular weight is 172 g/mol. The second-order valence-electron chi connectivity index (χ2n) is 3.75. The third-order valence-corrected chi connectivity index (χ3v) is 4.32. The third kappa shape index (κ3) is 3.50. The van der Waals surface area contributed by atoms with E-state index in [4.69, 9.17) is 0 Å². The number of rotatable bonds is 4. The summed E-state index contributed by atoms with van der Waals surface area (Å²) >= 11 is 2.22. The fourth-order valence-corrected chi connectivity index (χ4v) is 2.98. The zero-order valence-corrected chi connectivity index (χ0v) is 8.62. The van der Waals surface area contributed by atoms with Gasteiger partial charge in [-0.1, -0.05) is 33.1 Å². The van der Waals surface area contributed by atoms with Crippen LogP contribution in [0.15, 0.2) is 0 Å². The largest absolute Gasteiger partial charge is 0.158 e. The monoisotopic (exact) mass is 172 g/mol. The molecule has 0 spiro atoms. The van der Waals surface area contributed by atoms with E-state index >= 15 is 0 Å². The molecule has 1 fully saturated rings. The van der Waals surface area contributed by atoms with Gasteiger partial charge in [0, 0.05) is 5.25 Å². The molecule has 1 atom stereocenters. The van der Waals surface area contributed by atoms with Gasteiger partial charge in [0.1, 0.15) is 0 Å². The van der Waals surface area contributed by atoms with Crippen molar-refractivity contribution in [1.29, 1.82) is 0 Å². The number of hydrogen-bond donors (Lipinski definition) is 0.